The Balaban J connectivity index is 0.00000112. The van der Waals surface area contributed by atoms with Gasteiger partial charge in [0.2, 0.25) is 0 Å². The van der Waals surface area contributed by atoms with E-state index in [9.17, 15) is 0 Å². The molecule has 0 aliphatic carbocycles. The molecule has 0 aromatic carbocycles. The Hall–Kier alpha value is -0.0200. The van der Waals surface area contributed by atoms with Crippen LogP contribution in [0.1, 0.15) is 12.8 Å². The molecule has 0 saturated heterocycles. The van der Waals surface area contributed by atoms with Crippen molar-refractivity contribution in [3.63, 3.8) is 0 Å². The highest BCUT2D eigenvalue weighted by atomic mass is 35.5. The van der Waals surface area contributed by atoms with Crippen LogP contribution in [0, 0.1) is 0 Å². The lowest BCUT2D eigenvalue weighted by Gasteiger charge is -2.27. The average Bonchev–Trinajstić information content (AvgIpc) is 2.21. The number of hydrogen-bond acceptors (Lipinski definition) is 2. The molecule has 0 aromatic rings. The fraction of sp³-hybridized carbons (Fsp3) is 0.667. The van der Waals surface area contributed by atoms with Crippen LogP contribution in [0.5, 0.6) is 0 Å². The largest absolute Gasteiger partial charge is 0.302 e. The van der Waals surface area contributed by atoms with Crippen molar-refractivity contribution in [3.05, 3.63) is 23.3 Å². The van der Waals surface area contributed by atoms with Crippen LogP contribution in [0.2, 0.25) is 0 Å². The summed E-state index contributed by atoms with van der Waals surface area (Å²) in [7, 11) is 4.38. The number of likely N-dealkylation sites (N-methyl/N-ethyl adjacent to an activating group) is 2. The zero-order valence-corrected chi connectivity index (χ0v) is 11.7. The average molecular weight is 265 g/mol. The van der Waals surface area contributed by atoms with Gasteiger partial charge in [-0.1, -0.05) is 12.2 Å². The molecule has 0 bridgehead atoms. The summed E-state index contributed by atoms with van der Waals surface area (Å²) in [6, 6.07) is 0. The monoisotopic (exact) mass is 264 g/mol. The summed E-state index contributed by atoms with van der Waals surface area (Å²) in [6.07, 6.45) is 7.29. The fourth-order valence-corrected chi connectivity index (χ4v) is 2.12. The molecule has 2 aliphatic heterocycles. The standard InChI is InChI=1S/C12H20N2.2ClH/c1-13-7-3-11(4-8-13)12-5-9-14(2)10-6-12;;/h3,5H,4,6-10H2,1-2H3;2*1H. The number of halogens is 2. The van der Waals surface area contributed by atoms with Crippen LogP contribution in [0.25, 0.3) is 0 Å². The predicted octanol–water partition coefficient (Wildman–Crippen LogP) is 2.35. The van der Waals surface area contributed by atoms with Crippen LogP contribution >= 0.6 is 24.8 Å². The molecule has 0 aromatic heterocycles. The highest BCUT2D eigenvalue weighted by molar-refractivity contribution is 5.85. The van der Waals surface area contributed by atoms with Crippen molar-refractivity contribution in [2.24, 2.45) is 0 Å². The summed E-state index contributed by atoms with van der Waals surface area (Å²) in [6.45, 7) is 4.70. The lowest BCUT2D eigenvalue weighted by atomic mass is 9.95. The maximum atomic E-state index is 2.40. The molecular formula is C12H22Cl2N2. The lowest BCUT2D eigenvalue weighted by molar-refractivity contribution is 0.347. The van der Waals surface area contributed by atoms with Crippen LogP contribution in [0.4, 0.5) is 0 Å². The maximum Gasteiger partial charge on any atom is 0.0166 e. The molecule has 2 heterocycles. The predicted molar refractivity (Wildman–Crippen MR) is 74.9 cm³/mol. The molecule has 2 rings (SSSR count). The first-order valence-electron chi connectivity index (χ1n) is 5.51. The van der Waals surface area contributed by atoms with E-state index in [1.807, 2.05) is 0 Å². The molecular weight excluding hydrogens is 243 g/mol. The van der Waals surface area contributed by atoms with Gasteiger partial charge in [0.15, 0.2) is 0 Å². The first-order valence-corrected chi connectivity index (χ1v) is 5.51. The Kier molecular flexibility index (Phi) is 7.32. The highest BCUT2D eigenvalue weighted by Crippen LogP contribution is 2.23. The number of hydrogen-bond donors (Lipinski definition) is 0. The van der Waals surface area contributed by atoms with Crippen molar-refractivity contribution >= 4 is 24.8 Å². The zero-order valence-electron chi connectivity index (χ0n) is 10.1. The van der Waals surface area contributed by atoms with Crippen molar-refractivity contribution in [3.8, 4) is 0 Å². The van der Waals surface area contributed by atoms with Crippen LogP contribution < -0.4 is 0 Å². The molecule has 0 radical (unpaired) electrons. The van der Waals surface area contributed by atoms with Gasteiger partial charge in [-0.05, 0) is 38.1 Å². The van der Waals surface area contributed by atoms with Gasteiger partial charge in [-0.25, -0.2) is 0 Å². The molecule has 16 heavy (non-hydrogen) atoms. The Morgan fingerprint density at radius 3 is 1.44 bits per heavy atom. The van der Waals surface area contributed by atoms with E-state index in [2.05, 4.69) is 36.0 Å². The fourth-order valence-electron chi connectivity index (χ4n) is 2.12. The van der Waals surface area contributed by atoms with Gasteiger partial charge in [0.25, 0.3) is 0 Å². The van der Waals surface area contributed by atoms with E-state index in [-0.39, 0.29) is 24.8 Å². The molecule has 0 amide bonds. The van der Waals surface area contributed by atoms with Crippen molar-refractivity contribution in [2.45, 2.75) is 12.8 Å². The molecule has 0 unspecified atom stereocenters. The van der Waals surface area contributed by atoms with E-state index in [1.54, 1.807) is 11.1 Å². The van der Waals surface area contributed by atoms with E-state index in [4.69, 9.17) is 0 Å². The third kappa shape index (κ3) is 4.10. The third-order valence-electron chi connectivity index (χ3n) is 3.24. The Bertz CT molecular complexity index is 246. The first-order chi connectivity index (χ1) is 6.75. The molecule has 0 spiro atoms. The SMILES string of the molecule is CN1CC=C(C2=CCN(C)CC2)CC1.Cl.Cl. The van der Waals surface area contributed by atoms with Gasteiger partial charge in [-0.15, -0.1) is 24.8 Å². The summed E-state index contributed by atoms with van der Waals surface area (Å²) in [5, 5.41) is 0. The van der Waals surface area contributed by atoms with Crippen LogP contribution in [-0.2, 0) is 0 Å². The summed E-state index contributed by atoms with van der Waals surface area (Å²) in [4.78, 5) is 4.75. The Labute approximate surface area is 111 Å². The molecule has 94 valence electrons. The summed E-state index contributed by atoms with van der Waals surface area (Å²) < 4.78 is 0. The molecule has 0 N–H and O–H groups in total. The van der Waals surface area contributed by atoms with Crippen molar-refractivity contribution in [1.82, 2.24) is 9.80 Å². The Morgan fingerprint density at radius 2 is 1.19 bits per heavy atom. The molecule has 0 atom stereocenters. The quantitative estimate of drug-likeness (QED) is 0.718. The maximum absolute atomic E-state index is 2.40. The van der Waals surface area contributed by atoms with Crippen LogP contribution in [-0.4, -0.2) is 50.1 Å². The molecule has 0 saturated carbocycles. The smallest absolute Gasteiger partial charge is 0.0166 e. The number of rotatable bonds is 1. The van der Waals surface area contributed by atoms with Crippen molar-refractivity contribution in [2.75, 3.05) is 40.3 Å². The van der Waals surface area contributed by atoms with Crippen LogP contribution in [0.3, 0.4) is 0 Å². The molecule has 2 nitrogen and oxygen atoms in total. The van der Waals surface area contributed by atoms with Crippen molar-refractivity contribution in [1.29, 1.82) is 0 Å². The minimum Gasteiger partial charge on any atom is -0.302 e. The van der Waals surface area contributed by atoms with E-state index in [1.165, 1.54) is 25.9 Å². The zero-order chi connectivity index (χ0) is 9.97. The molecule has 4 heteroatoms. The summed E-state index contributed by atoms with van der Waals surface area (Å²) in [5.41, 5.74) is 3.22. The van der Waals surface area contributed by atoms with E-state index < -0.39 is 0 Å². The van der Waals surface area contributed by atoms with Gasteiger partial charge in [0.05, 0.1) is 0 Å². The number of nitrogens with zero attached hydrogens (tertiary/aromatic N) is 2. The third-order valence-corrected chi connectivity index (χ3v) is 3.24. The molecule has 0 fully saturated rings. The normalized spacial score (nSPS) is 22.6. The topological polar surface area (TPSA) is 6.48 Å². The second-order valence-electron chi connectivity index (χ2n) is 4.48. The summed E-state index contributed by atoms with van der Waals surface area (Å²) in [5.74, 6) is 0. The minimum absolute atomic E-state index is 0. The van der Waals surface area contributed by atoms with Gasteiger partial charge < -0.3 is 9.80 Å². The lowest BCUT2D eigenvalue weighted by Crippen LogP contribution is -2.28. The van der Waals surface area contributed by atoms with E-state index in [0.29, 0.717) is 0 Å². The minimum atomic E-state index is 0. The second-order valence-corrected chi connectivity index (χ2v) is 4.48. The highest BCUT2D eigenvalue weighted by Gasteiger charge is 2.14. The van der Waals surface area contributed by atoms with Crippen molar-refractivity contribution < 1.29 is 0 Å². The summed E-state index contributed by atoms with van der Waals surface area (Å²) >= 11 is 0. The first kappa shape index (κ1) is 16.0. The van der Waals surface area contributed by atoms with Gasteiger partial charge in [0.1, 0.15) is 0 Å². The van der Waals surface area contributed by atoms with Gasteiger partial charge in [-0.2, -0.15) is 0 Å². The molecule has 2 aliphatic rings. The van der Waals surface area contributed by atoms with Crippen LogP contribution in [0.15, 0.2) is 23.3 Å². The van der Waals surface area contributed by atoms with Gasteiger partial charge in [-0.3, -0.25) is 0 Å². The van der Waals surface area contributed by atoms with Gasteiger partial charge >= 0.3 is 0 Å². The van der Waals surface area contributed by atoms with Gasteiger partial charge in [0, 0.05) is 26.2 Å². The van der Waals surface area contributed by atoms with E-state index in [0.717, 1.165) is 13.1 Å². The van der Waals surface area contributed by atoms with E-state index >= 15 is 0 Å². The second kappa shape index (κ2) is 7.33. The Morgan fingerprint density at radius 1 is 0.812 bits per heavy atom.